The molecule has 0 bridgehead atoms. The Hall–Kier alpha value is -4.92. The van der Waals surface area contributed by atoms with Gasteiger partial charge in [-0.1, -0.05) is 30.3 Å². The molecule has 1 amide bonds. The maximum Gasteiger partial charge on any atom is 0.295 e. The van der Waals surface area contributed by atoms with Crippen molar-refractivity contribution >= 4 is 34.0 Å². The molecule has 1 unspecified atom stereocenters. The molecule has 1 aliphatic rings. The first-order chi connectivity index (χ1) is 17.9. The van der Waals surface area contributed by atoms with E-state index in [1.165, 1.54) is 29.2 Å². The molecule has 1 atom stereocenters. The summed E-state index contributed by atoms with van der Waals surface area (Å²) in [5.41, 5.74) is 2.57. The molecular weight excluding hydrogens is 474 g/mol. The average Bonchev–Trinajstić information content (AvgIpc) is 3.44. The zero-order chi connectivity index (χ0) is 26.1. The van der Waals surface area contributed by atoms with Gasteiger partial charge >= 0.3 is 0 Å². The molecule has 4 aromatic rings. The first-order valence-corrected chi connectivity index (χ1v) is 11.6. The summed E-state index contributed by atoms with van der Waals surface area (Å²) >= 11 is 0. The van der Waals surface area contributed by atoms with Crippen molar-refractivity contribution in [2.45, 2.75) is 12.5 Å². The van der Waals surface area contributed by atoms with Crippen molar-refractivity contribution in [3.05, 3.63) is 111 Å². The summed E-state index contributed by atoms with van der Waals surface area (Å²) in [5.74, 6) is -1.18. The number of aliphatic hydroxyl groups excluding tert-OH is 1. The number of rotatable bonds is 7. The number of carbonyl (C=O) groups excluding carboxylic acids is 2. The lowest BCUT2D eigenvalue weighted by molar-refractivity contribution is -0.384. The predicted molar refractivity (Wildman–Crippen MR) is 137 cm³/mol. The molecule has 0 radical (unpaired) electrons. The number of ketones is 1. The zero-order valence-electron chi connectivity index (χ0n) is 19.9. The second-order valence-electron chi connectivity index (χ2n) is 8.68. The van der Waals surface area contributed by atoms with Gasteiger partial charge < -0.3 is 19.7 Å². The fourth-order valence-electron chi connectivity index (χ4n) is 4.72. The first kappa shape index (κ1) is 23.8. The summed E-state index contributed by atoms with van der Waals surface area (Å²) in [4.78, 5) is 41.6. The van der Waals surface area contributed by atoms with Crippen LogP contribution < -0.4 is 4.74 Å². The highest BCUT2D eigenvalue weighted by molar-refractivity contribution is 6.46. The summed E-state index contributed by atoms with van der Waals surface area (Å²) in [7, 11) is 1.59. The lowest BCUT2D eigenvalue weighted by Crippen LogP contribution is -2.31. The minimum Gasteiger partial charge on any atom is -0.507 e. The summed E-state index contributed by atoms with van der Waals surface area (Å²) in [5, 5.41) is 23.1. The molecule has 0 aliphatic carbocycles. The topological polar surface area (TPSA) is 126 Å². The molecule has 1 fully saturated rings. The van der Waals surface area contributed by atoms with Crippen molar-refractivity contribution in [3.8, 4) is 5.75 Å². The number of nitro benzene ring substituents is 1. The van der Waals surface area contributed by atoms with E-state index < -0.39 is 22.7 Å². The number of hydrogen-bond donors (Lipinski definition) is 2. The van der Waals surface area contributed by atoms with E-state index in [0.717, 1.165) is 16.5 Å². The smallest absolute Gasteiger partial charge is 0.295 e. The Balaban J connectivity index is 1.53. The van der Waals surface area contributed by atoms with Crippen LogP contribution in [-0.2, 0) is 16.0 Å². The minimum absolute atomic E-state index is 0.0503. The largest absolute Gasteiger partial charge is 0.507 e. The van der Waals surface area contributed by atoms with Crippen molar-refractivity contribution in [1.29, 1.82) is 0 Å². The van der Waals surface area contributed by atoms with E-state index in [1.54, 1.807) is 31.4 Å². The van der Waals surface area contributed by atoms with E-state index in [0.29, 0.717) is 17.7 Å². The molecular formula is C28H23N3O6. The van der Waals surface area contributed by atoms with Gasteiger partial charge in [0, 0.05) is 41.3 Å². The fraction of sp³-hybridized carbons (Fsp3) is 0.143. The van der Waals surface area contributed by atoms with Crippen molar-refractivity contribution in [2.75, 3.05) is 13.7 Å². The number of amides is 1. The molecule has 2 N–H and O–H groups in total. The molecule has 1 aliphatic heterocycles. The number of aliphatic hydroxyl groups is 1. The number of nitro groups is 1. The Bertz CT molecular complexity index is 1540. The third-order valence-corrected chi connectivity index (χ3v) is 6.60. The average molecular weight is 498 g/mol. The van der Waals surface area contributed by atoms with E-state index in [-0.39, 0.29) is 29.1 Å². The van der Waals surface area contributed by atoms with Gasteiger partial charge in [-0.05, 0) is 47.9 Å². The summed E-state index contributed by atoms with van der Waals surface area (Å²) < 4.78 is 5.34. The number of likely N-dealkylation sites (tertiary alicyclic amines) is 1. The first-order valence-electron chi connectivity index (χ1n) is 11.6. The van der Waals surface area contributed by atoms with Crippen molar-refractivity contribution in [2.24, 2.45) is 0 Å². The molecule has 5 rings (SSSR count). The van der Waals surface area contributed by atoms with Crippen molar-refractivity contribution in [3.63, 3.8) is 0 Å². The van der Waals surface area contributed by atoms with Gasteiger partial charge in [-0.3, -0.25) is 19.7 Å². The van der Waals surface area contributed by atoms with Crippen LogP contribution in [-0.4, -0.2) is 45.3 Å². The van der Waals surface area contributed by atoms with Crippen LogP contribution in [0.5, 0.6) is 5.75 Å². The fourth-order valence-corrected chi connectivity index (χ4v) is 4.72. The molecule has 1 aromatic heterocycles. The Morgan fingerprint density at radius 1 is 1.08 bits per heavy atom. The van der Waals surface area contributed by atoms with E-state index in [1.807, 2.05) is 30.5 Å². The molecule has 3 aromatic carbocycles. The molecule has 0 spiro atoms. The van der Waals surface area contributed by atoms with Crippen LogP contribution in [0.1, 0.15) is 22.7 Å². The third-order valence-electron chi connectivity index (χ3n) is 6.60. The van der Waals surface area contributed by atoms with Gasteiger partial charge in [-0.15, -0.1) is 0 Å². The SMILES string of the molecule is COc1ccc2[nH]cc(CCN3C(=O)C(=O)/C(=C(\O)c4ccc([N+](=O)[O-])cc4)C3c3ccccc3)c2c1. The minimum atomic E-state index is -0.809. The number of benzene rings is 3. The number of fused-ring (bicyclic) bond motifs is 1. The maximum atomic E-state index is 13.2. The Labute approximate surface area is 211 Å². The van der Waals surface area contributed by atoms with Gasteiger partial charge in [0.2, 0.25) is 0 Å². The van der Waals surface area contributed by atoms with Crippen LogP contribution >= 0.6 is 0 Å². The third kappa shape index (κ3) is 4.31. The van der Waals surface area contributed by atoms with Crippen LogP contribution in [0, 0.1) is 10.1 Å². The number of carbonyl (C=O) groups is 2. The standard InChI is InChI=1S/C28H23N3O6/c1-37-21-11-12-23-22(15-21)19(16-29-23)13-14-30-25(17-5-3-2-4-6-17)24(27(33)28(30)34)26(32)18-7-9-20(10-8-18)31(35)36/h2-12,15-16,25,29,32H,13-14H2,1H3/b26-24-. The summed E-state index contributed by atoms with van der Waals surface area (Å²) in [6.07, 6.45) is 2.33. The summed E-state index contributed by atoms with van der Waals surface area (Å²) in [6, 6.07) is 19.1. The number of ether oxygens (including phenoxy) is 1. The number of nitrogens with one attached hydrogen (secondary N) is 1. The maximum absolute atomic E-state index is 13.2. The van der Waals surface area contributed by atoms with E-state index >= 15 is 0 Å². The van der Waals surface area contributed by atoms with E-state index in [9.17, 15) is 24.8 Å². The Kier molecular flexibility index (Phi) is 6.19. The van der Waals surface area contributed by atoms with Gasteiger partial charge in [0.1, 0.15) is 11.5 Å². The molecule has 0 saturated carbocycles. The van der Waals surface area contributed by atoms with Gasteiger partial charge in [-0.2, -0.15) is 0 Å². The second kappa shape index (κ2) is 9.62. The number of methoxy groups -OCH3 is 1. The highest BCUT2D eigenvalue weighted by Crippen LogP contribution is 2.39. The highest BCUT2D eigenvalue weighted by Gasteiger charge is 2.45. The number of H-pyrrole nitrogens is 1. The van der Waals surface area contributed by atoms with Gasteiger partial charge in [0.05, 0.1) is 23.6 Å². The van der Waals surface area contributed by atoms with Gasteiger partial charge in [-0.25, -0.2) is 0 Å². The normalized spacial score (nSPS) is 16.9. The Morgan fingerprint density at radius 3 is 2.49 bits per heavy atom. The van der Waals surface area contributed by atoms with Crippen LogP contribution in [0.15, 0.2) is 84.6 Å². The molecule has 1 saturated heterocycles. The van der Waals surface area contributed by atoms with Crippen LogP contribution in [0.3, 0.4) is 0 Å². The van der Waals surface area contributed by atoms with Crippen LogP contribution in [0.4, 0.5) is 5.69 Å². The van der Waals surface area contributed by atoms with E-state index in [2.05, 4.69) is 4.98 Å². The molecule has 9 nitrogen and oxygen atoms in total. The quantitative estimate of drug-likeness (QED) is 0.125. The Morgan fingerprint density at radius 2 is 1.81 bits per heavy atom. The van der Waals surface area contributed by atoms with Gasteiger partial charge in [0.15, 0.2) is 0 Å². The monoisotopic (exact) mass is 497 g/mol. The second-order valence-corrected chi connectivity index (χ2v) is 8.68. The van der Waals surface area contributed by atoms with Crippen molar-refractivity contribution in [1.82, 2.24) is 9.88 Å². The molecule has 37 heavy (non-hydrogen) atoms. The number of nitrogens with zero attached hydrogens (tertiary/aromatic N) is 2. The van der Waals surface area contributed by atoms with Crippen LogP contribution in [0.25, 0.3) is 16.7 Å². The van der Waals surface area contributed by atoms with Crippen LogP contribution in [0.2, 0.25) is 0 Å². The molecule has 2 heterocycles. The number of aromatic nitrogens is 1. The molecule has 186 valence electrons. The lowest BCUT2D eigenvalue weighted by atomic mass is 9.95. The number of hydrogen-bond acceptors (Lipinski definition) is 6. The van der Waals surface area contributed by atoms with Gasteiger partial charge in [0.25, 0.3) is 17.4 Å². The highest BCUT2D eigenvalue weighted by atomic mass is 16.6. The zero-order valence-corrected chi connectivity index (χ0v) is 19.9. The van der Waals surface area contributed by atoms with Crippen molar-refractivity contribution < 1.29 is 24.4 Å². The predicted octanol–water partition coefficient (Wildman–Crippen LogP) is 4.75. The van der Waals surface area contributed by atoms with E-state index in [4.69, 9.17) is 4.74 Å². The number of non-ortho nitro benzene ring substituents is 1. The number of Topliss-reactive ketones (excluding diaryl/α,β-unsaturated/α-hetero) is 1. The lowest BCUT2D eigenvalue weighted by Gasteiger charge is -2.25. The molecule has 9 heteroatoms. The number of aromatic amines is 1. The summed E-state index contributed by atoms with van der Waals surface area (Å²) in [6.45, 7) is 0.228.